The lowest BCUT2D eigenvalue weighted by atomic mass is 10.2. The molecule has 4 heteroatoms. The van der Waals surface area contributed by atoms with Gasteiger partial charge in [0.15, 0.2) is 6.23 Å². The van der Waals surface area contributed by atoms with Crippen LogP contribution in [-0.2, 0) is 9.53 Å². The molecule has 1 fully saturated rings. The van der Waals surface area contributed by atoms with Crippen molar-refractivity contribution in [1.82, 2.24) is 9.80 Å². The molecule has 1 aliphatic heterocycles. The average Bonchev–Trinajstić information content (AvgIpc) is 2.12. The van der Waals surface area contributed by atoms with Gasteiger partial charge in [0.1, 0.15) is 11.6 Å². The zero-order valence-corrected chi connectivity index (χ0v) is 8.41. The Hall–Kier alpha value is -0.830. The van der Waals surface area contributed by atoms with Crippen LogP contribution in [0.5, 0.6) is 0 Å². The molecule has 13 heavy (non-hydrogen) atoms. The molecule has 1 rings (SSSR count). The summed E-state index contributed by atoms with van der Waals surface area (Å²) >= 11 is 0. The highest BCUT2D eigenvalue weighted by Gasteiger charge is 2.28. The minimum Gasteiger partial charge on any atom is -0.364 e. The minimum absolute atomic E-state index is 0.221. The topological polar surface area (TPSA) is 32.8 Å². The van der Waals surface area contributed by atoms with E-state index in [1.165, 1.54) is 0 Å². The Morgan fingerprint density at radius 1 is 1.54 bits per heavy atom. The lowest BCUT2D eigenvalue weighted by Crippen LogP contribution is -2.49. The molecule has 4 nitrogen and oxygen atoms in total. The summed E-state index contributed by atoms with van der Waals surface area (Å²) in [7, 11) is 3.84. The van der Waals surface area contributed by atoms with Crippen molar-refractivity contribution in [2.45, 2.75) is 13.2 Å². The molecule has 1 heterocycles. The second kappa shape index (κ2) is 4.42. The fourth-order valence-electron chi connectivity index (χ4n) is 1.44. The summed E-state index contributed by atoms with van der Waals surface area (Å²) < 4.78 is 5.45. The fourth-order valence-corrected chi connectivity index (χ4v) is 1.44. The van der Waals surface area contributed by atoms with E-state index in [1.54, 1.807) is 0 Å². The second-order valence-electron chi connectivity index (χ2n) is 3.20. The summed E-state index contributed by atoms with van der Waals surface area (Å²) in [5, 5.41) is 0. The normalized spacial score (nSPS) is 24.7. The molecule has 0 aromatic rings. The van der Waals surface area contributed by atoms with Gasteiger partial charge >= 0.3 is 0 Å². The monoisotopic (exact) mass is 184 g/mol. The van der Waals surface area contributed by atoms with Crippen molar-refractivity contribution in [1.29, 1.82) is 0 Å². The minimum atomic E-state index is -0.221. The molecule has 1 atom stereocenters. The number of rotatable bonds is 2. The number of nitrogens with zero attached hydrogens (tertiary/aromatic N) is 2. The molecule has 0 radical (unpaired) electrons. The number of piperazine rings is 1. The highest BCUT2D eigenvalue weighted by molar-refractivity contribution is 5.53. The third-order valence-corrected chi connectivity index (χ3v) is 2.26. The first-order valence-corrected chi connectivity index (χ1v) is 4.48. The first-order valence-electron chi connectivity index (χ1n) is 4.48. The van der Waals surface area contributed by atoms with Gasteiger partial charge in [-0.05, 0) is 14.0 Å². The van der Waals surface area contributed by atoms with E-state index in [4.69, 9.17) is 4.74 Å². The maximum Gasteiger partial charge on any atom is 0.162 e. The van der Waals surface area contributed by atoms with Crippen LogP contribution < -0.4 is 0 Å². The van der Waals surface area contributed by atoms with Crippen LogP contribution in [0.2, 0.25) is 0 Å². The average molecular weight is 184 g/mol. The Kier molecular flexibility index (Phi) is 3.48. The van der Waals surface area contributed by atoms with E-state index in [0.29, 0.717) is 12.3 Å². The summed E-state index contributed by atoms with van der Waals surface area (Å²) in [6.45, 7) is 4.29. The Morgan fingerprint density at radius 2 is 2.23 bits per heavy atom. The maximum atomic E-state index is 10.7. The van der Waals surface area contributed by atoms with Crippen LogP contribution in [0.1, 0.15) is 6.92 Å². The van der Waals surface area contributed by atoms with Gasteiger partial charge in [0.25, 0.3) is 0 Å². The molecule has 0 aromatic heterocycles. The molecule has 1 unspecified atom stereocenters. The molecule has 0 amide bonds. The molecule has 0 bridgehead atoms. The SMILES string of the molecule is CCOC1C(=C=O)N(C)CCN1C. The predicted molar refractivity (Wildman–Crippen MR) is 49.9 cm³/mol. The third-order valence-electron chi connectivity index (χ3n) is 2.26. The lowest BCUT2D eigenvalue weighted by Gasteiger charge is -2.38. The molecule has 0 spiro atoms. The van der Waals surface area contributed by atoms with E-state index in [9.17, 15) is 4.79 Å². The summed E-state index contributed by atoms with van der Waals surface area (Å²) in [4.78, 5) is 14.6. The molecule has 74 valence electrons. The van der Waals surface area contributed by atoms with E-state index in [1.807, 2.05) is 36.8 Å². The van der Waals surface area contributed by atoms with E-state index in [0.717, 1.165) is 13.1 Å². The largest absolute Gasteiger partial charge is 0.364 e. The fraction of sp³-hybridized carbons (Fsp3) is 0.778. The highest BCUT2D eigenvalue weighted by atomic mass is 16.5. The van der Waals surface area contributed by atoms with Gasteiger partial charge in [-0.15, -0.1) is 0 Å². The zero-order chi connectivity index (χ0) is 9.84. The van der Waals surface area contributed by atoms with Gasteiger partial charge in [0.05, 0.1) is 0 Å². The standard InChI is InChI=1S/C9H16N2O2/c1-4-13-9-8(7-12)10(2)5-6-11(9)3/h9H,4-6H2,1-3H3. The van der Waals surface area contributed by atoms with E-state index < -0.39 is 0 Å². The van der Waals surface area contributed by atoms with Gasteiger partial charge in [0.2, 0.25) is 0 Å². The Balaban J connectivity index is 2.78. The van der Waals surface area contributed by atoms with Crippen molar-refractivity contribution in [3.8, 4) is 0 Å². The second-order valence-corrected chi connectivity index (χ2v) is 3.20. The van der Waals surface area contributed by atoms with Crippen molar-refractivity contribution >= 4 is 5.94 Å². The van der Waals surface area contributed by atoms with Crippen molar-refractivity contribution in [2.24, 2.45) is 0 Å². The van der Waals surface area contributed by atoms with Crippen LogP contribution in [0.15, 0.2) is 5.70 Å². The van der Waals surface area contributed by atoms with Crippen LogP contribution in [-0.4, -0.2) is 55.8 Å². The van der Waals surface area contributed by atoms with Gasteiger partial charge < -0.3 is 9.64 Å². The Bertz CT molecular complexity index is 224. The quantitative estimate of drug-likeness (QED) is 0.563. The van der Waals surface area contributed by atoms with Crippen molar-refractivity contribution in [3.63, 3.8) is 0 Å². The number of carbonyl (C=O) groups excluding carboxylic acids is 1. The molecule has 0 N–H and O–H groups in total. The van der Waals surface area contributed by atoms with Crippen LogP contribution in [0.25, 0.3) is 0 Å². The first-order chi connectivity index (χ1) is 6.20. The van der Waals surface area contributed by atoms with Crippen molar-refractivity contribution in [2.75, 3.05) is 33.8 Å². The Morgan fingerprint density at radius 3 is 2.77 bits per heavy atom. The molecule has 0 saturated carbocycles. The summed E-state index contributed by atoms with van der Waals surface area (Å²) in [5.41, 5.74) is 0.593. The summed E-state index contributed by atoms with van der Waals surface area (Å²) in [6, 6.07) is 0. The van der Waals surface area contributed by atoms with Gasteiger partial charge in [-0.2, -0.15) is 0 Å². The Labute approximate surface area is 78.8 Å². The molecule has 1 aliphatic rings. The van der Waals surface area contributed by atoms with Gasteiger partial charge in [-0.1, -0.05) is 0 Å². The van der Waals surface area contributed by atoms with Crippen molar-refractivity contribution < 1.29 is 9.53 Å². The smallest absolute Gasteiger partial charge is 0.162 e. The zero-order valence-electron chi connectivity index (χ0n) is 8.41. The van der Waals surface area contributed by atoms with Crippen LogP contribution in [0.3, 0.4) is 0 Å². The van der Waals surface area contributed by atoms with Gasteiger partial charge in [-0.25, -0.2) is 4.79 Å². The molecular weight excluding hydrogens is 168 g/mol. The molecule has 0 aliphatic carbocycles. The van der Waals surface area contributed by atoms with Gasteiger partial charge in [0, 0.05) is 26.7 Å². The maximum absolute atomic E-state index is 10.7. The number of likely N-dealkylation sites (N-methyl/N-ethyl adjacent to an activating group) is 2. The van der Waals surface area contributed by atoms with E-state index in [2.05, 4.69) is 0 Å². The van der Waals surface area contributed by atoms with E-state index in [-0.39, 0.29) is 6.23 Å². The van der Waals surface area contributed by atoms with Crippen molar-refractivity contribution in [3.05, 3.63) is 5.70 Å². The summed E-state index contributed by atoms with van der Waals surface area (Å²) in [5.74, 6) is 1.94. The number of ether oxygens (including phenoxy) is 1. The lowest BCUT2D eigenvalue weighted by molar-refractivity contribution is -0.0496. The van der Waals surface area contributed by atoms with E-state index >= 15 is 0 Å². The van der Waals surface area contributed by atoms with Gasteiger partial charge in [-0.3, -0.25) is 4.90 Å². The molecular formula is C9H16N2O2. The predicted octanol–water partition coefficient (Wildman–Crippen LogP) is -0.0583. The highest BCUT2D eigenvalue weighted by Crippen LogP contribution is 2.16. The third kappa shape index (κ3) is 2.10. The first kappa shape index (κ1) is 10.3. The van der Waals surface area contributed by atoms with Crippen LogP contribution in [0.4, 0.5) is 0 Å². The molecule has 1 saturated heterocycles. The molecule has 0 aromatic carbocycles. The van der Waals surface area contributed by atoms with Crippen LogP contribution in [0, 0.1) is 0 Å². The van der Waals surface area contributed by atoms with Crippen LogP contribution >= 0.6 is 0 Å². The number of hydrogen-bond acceptors (Lipinski definition) is 4. The summed E-state index contributed by atoms with van der Waals surface area (Å²) in [6.07, 6.45) is -0.221. The number of hydrogen-bond donors (Lipinski definition) is 0.